The molecule has 4 heteroatoms. The van der Waals surface area contributed by atoms with Crippen LogP contribution in [-0.2, 0) is 7.05 Å². The molecule has 0 aliphatic heterocycles. The summed E-state index contributed by atoms with van der Waals surface area (Å²) in [5, 5.41) is 2.99. The Hall–Kier alpha value is -1.81. The molecule has 0 aliphatic rings. The van der Waals surface area contributed by atoms with E-state index in [0.29, 0.717) is 0 Å². The van der Waals surface area contributed by atoms with Crippen molar-refractivity contribution in [3.05, 3.63) is 45.9 Å². The molecule has 2 rings (SSSR count). The second kappa shape index (κ2) is 4.22. The SMILES string of the molecule is Cc1[nH]n(C)c(=O)c1-c1ccc(C(C)N)cc1. The normalized spacial score (nSPS) is 12.7. The highest BCUT2D eigenvalue weighted by molar-refractivity contribution is 5.65. The van der Waals surface area contributed by atoms with E-state index in [1.165, 1.54) is 4.68 Å². The summed E-state index contributed by atoms with van der Waals surface area (Å²) in [4.78, 5) is 11.9. The van der Waals surface area contributed by atoms with Gasteiger partial charge in [0.2, 0.25) is 0 Å². The minimum atomic E-state index is -0.00366. The number of hydrogen-bond donors (Lipinski definition) is 2. The Bertz CT molecular complexity index is 576. The summed E-state index contributed by atoms with van der Waals surface area (Å²) in [6, 6.07) is 7.82. The fourth-order valence-corrected chi connectivity index (χ4v) is 1.98. The van der Waals surface area contributed by atoms with Gasteiger partial charge in [-0.25, -0.2) is 0 Å². The van der Waals surface area contributed by atoms with Gasteiger partial charge in [0.1, 0.15) is 0 Å². The maximum atomic E-state index is 11.9. The molecule has 90 valence electrons. The molecule has 0 saturated carbocycles. The van der Waals surface area contributed by atoms with Crippen molar-refractivity contribution >= 4 is 0 Å². The molecule has 0 fully saturated rings. The van der Waals surface area contributed by atoms with Crippen molar-refractivity contribution in [3.8, 4) is 11.1 Å². The molecule has 1 heterocycles. The van der Waals surface area contributed by atoms with Crippen LogP contribution in [0.3, 0.4) is 0 Å². The van der Waals surface area contributed by atoms with Crippen LogP contribution in [0.2, 0.25) is 0 Å². The van der Waals surface area contributed by atoms with E-state index >= 15 is 0 Å². The van der Waals surface area contributed by atoms with Crippen LogP contribution in [0, 0.1) is 6.92 Å². The Morgan fingerprint density at radius 3 is 2.29 bits per heavy atom. The van der Waals surface area contributed by atoms with Crippen LogP contribution in [0.1, 0.15) is 24.2 Å². The predicted molar refractivity (Wildman–Crippen MR) is 68.8 cm³/mol. The summed E-state index contributed by atoms with van der Waals surface area (Å²) in [7, 11) is 1.72. The van der Waals surface area contributed by atoms with E-state index in [2.05, 4.69) is 5.10 Å². The lowest BCUT2D eigenvalue weighted by Crippen LogP contribution is -2.13. The van der Waals surface area contributed by atoms with Gasteiger partial charge in [0.15, 0.2) is 0 Å². The highest BCUT2D eigenvalue weighted by atomic mass is 16.1. The van der Waals surface area contributed by atoms with Crippen LogP contribution in [-0.4, -0.2) is 9.78 Å². The third-order valence-corrected chi connectivity index (χ3v) is 2.95. The molecule has 0 spiro atoms. The number of aromatic nitrogens is 2. The van der Waals surface area contributed by atoms with Crippen molar-refractivity contribution < 1.29 is 0 Å². The molecule has 1 aromatic heterocycles. The summed E-state index contributed by atoms with van der Waals surface area (Å²) in [5.41, 5.74) is 9.39. The lowest BCUT2D eigenvalue weighted by Gasteiger charge is -2.06. The molecule has 0 amide bonds. The standard InChI is InChI=1S/C13H17N3O/c1-8(14)10-4-6-11(7-5-10)12-9(2)15-16(3)13(12)17/h4-8,15H,14H2,1-3H3. The van der Waals surface area contributed by atoms with Gasteiger partial charge in [-0.2, -0.15) is 0 Å². The Balaban J connectivity index is 2.50. The third-order valence-electron chi connectivity index (χ3n) is 2.95. The van der Waals surface area contributed by atoms with Gasteiger partial charge in [-0.3, -0.25) is 14.6 Å². The fraction of sp³-hybridized carbons (Fsp3) is 0.308. The molecule has 1 atom stereocenters. The number of nitrogens with zero attached hydrogens (tertiary/aromatic N) is 1. The number of nitrogens with two attached hydrogens (primary N) is 1. The Morgan fingerprint density at radius 1 is 1.29 bits per heavy atom. The minimum Gasteiger partial charge on any atom is -0.324 e. The summed E-state index contributed by atoms with van der Waals surface area (Å²) < 4.78 is 1.49. The van der Waals surface area contributed by atoms with Crippen molar-refractivity contribution in [3.63, 3.8) is 0 Å². The molecule has 0 aliphatic carbocycles. The van der Waals surface area contributed by atoms with E-state index < -0.39 is 0 Å². The quantitative estimate of drug-likeness (QED) is 0.826. The molecule has 1 unspecified atom stereocenters. The second-order valence-electron chi connectivity index (χ2n) is 4.39. The van der Waals surface area contributed by atoms with Gasteiger partial charge in [-0.15, -0.1) is 0 Å². The van der Waals surface area contributed by atoms with Gasteiger partial charge in [-0.05, 0) is 25.0 Å². The average Bonchev–Trinajstić information content (AvgIpc) is 2.53. The largest absolute Gasteiger partial charge is 0.324 e. The zero-order valence-corrected chi connectivity index (χ0v) is 10.3. The van der Waals surface area contributed by atoms with Crippen molar-refractivity contribution in [2.75, 3.05) is 0 Å². The topological polar surface area (TPSA) is 63.8 Å². The van der Waals surface area contributed by atoms with E-state index in [9.17, 15) is 4.79 Å². The number of hydrogen-bond acceptors (Lipinski definition) is 2. The molecule has 0 radical (unpaired) electrons. The van der Waals surface area contributed by atoms with Gasteiger partial charge in [-0.1, -0.05) is 24.3 Å². The van der Waals surface area contributed by atoms with E-state index in [1.54, 1.807) is 7.05 Å². The van der Waals surface area contributed by atoms with E-state index in [0.717, 1.165) is 22.4 Å². The summed E-state index contributed by atoms with van der Waals surface area (Å²) in [5.74, 6) is 0. The lowest BCUT2D eigenvalue weighted by molar-refractivity contribution is 0.731. The highest BCUT2D eigenvalue weighted by Gasteiger charge is 2.11. The molecule has 1 aromatic carbocycles. The summed E-state index contributed by atoms with van der Waals surface area (Å²) >= 11 is 0. The van der Waals surface area contributed by atoms with Gasteiger partial charge < -0.3 is 5.73 Å². The third kappa shape index (κ3) is 2.03. The number of benzene rings is 1. The minimum absolute atomic E-state index is 0.00366. The monoisotopic (exact) mass is 231 g/mol. The van der Waals surface area contributed by atoms with Crippen molar-refractivity contribution in [2.24, 2.45) is 12.8 Å². The second-order valence-corrected chi connectivity index (χ2v) is 4.39. The number of aromatic amines is 1. The molecule has 3 N–H and O–H groups in total. The van der Waals surface area contributed by atoms with Gasteiger partial charge in [0.25, 0.3) is 5.56 Å². The van der Waals surface area contributed by atoms with Crippen LogP contribution in [0.25, 0.3) is 11.1 Å². The predicted octanol–water partition coefficient (Wildman–Crippen LogP) is 1.71. The maximum absolute atomic E-state index is 11.9. The Kier molecular flexibility index (Phi) is 2.90. The van der Waals surface area contributed by atoms with Gasteiger partial charge >= 0.3 is 0 Å². The molecule has 17 heavy (non-hydrogen) atoms. The first kappa shape index (κ1) is 11.7. The molecule has 4 nitrogen and oxygen atoms in total. The Labute approximate surface area is 100 Å². The van der Waals surface area contributed by atoms with Crippen molar-refractivity contribution in [1.82, 2.24) is 9.78 Å². The van der Waals surface area contributed by atoms with Crippen LogP contribution in [0.4, 0.5) is 0 Å². The van der Waals surface area contributed by atoms with Crippen LogP contribution < -0.4 is 11.3 Å². The fourth-order valence-electron chi connectivity index (χ4n) is 1.98. The Morgan fingerprint density at radius 2 is 1.88 bits per heavy atom. The van der Waals surface area contributed by atoms with Crippen molar-refractivity contribution in [2.45, 2.75) is 19.9 Å². The molecular weight excluding hydrogens is 214 g/mol. The van der Waals surface area contributed by atoms with Crippen LogP contribution >= 0.6 is 0 Å². The van der Waals surface area contributed by atoms with Gasteiger partial charge in [0.05, 0.1) is 5.56 Å². The molecule has 2 aromatic rings. The number of rotatable bonds is 2. The first-order valence-electron chi connectivity index (χ1n) is 5.62. The van der Waals surface area contributed by atoms with E-state index in [-0.39, 0.29) is 11.6 Å². The maximum Gasteiger partial charge on any atom is 0.274 e. The molecule has 0 saturated heterocycles. The number of aryl methyl sites for hydroxylation is 2. The van der Waals surface area contributed by atoms with Crippen LogP contribution in [0.5, 0.6) is 0 Å². The van der Waals surface area contributed by atoms with E-state index in [4.69, 9.17) is 5.73 Å². The van der Waals surface area contributed by atoms with Gasteiger partial charge in [0, 0.05) is 18.8 Å². The van der Waals surface area contributed by atoms with E-state index in [1.807, 2.05) is 38.1 Å². The zero-order chi connectivity index (χ0) is 12.6. The smallest absolute Gasteiger partial charge is 0.274 e. The molecule has 0 bridgehead atoms. The molecular formula is C13H17N3O. The first-order chi connectivity index (χ1) is 8.00. The number of nitrogens with one attached hydrogen (secondary N) is 1. The highest BCUT2D eigenvalue weighted by Crippen LogP contribution is 2.20. The average molecular weight is 231 g/mol. The lowest BCUT2D eigenvalue weighted by atomic mass is 10.0. The summed E-state index contributed by atoms with van der Waals surface area (Å²) in [6.07, 6.45) is 0. The summed E-state index contributed by atoms with van der Waals surface area (Å²) in [6.45, 7) is 3.84. The zero-order valence-electron chi connectivity index (χ0n) is 10.3. The van der Waals surface area contributed by atoms with Crippen molar-refractivity contribution in [1.29, 1.82) is 0 Å². The number of H-pyrrole nitrogens is 1. The van der Waals surface area contributed by atoms with Crippen LogP contribution in [0.15, 0.2) is 29.1 Å². The first-order valence-corrected chi connectivity index (χ1v) is 5.62.